The van der Waals surface area contributed by atoms with Gasteiger partial charge in [-0.3, -0.25) is 0 Å². The van der Waals surface area contributed by atoms with E-state index in [0.29, 0.717) is 0 Å². The molecule has 0 fully saturated rings. The summed E-state index contributed by atoms with van der Waals surface area (Å²) >= 11 is 0. The second-order valence-corrected chi connectivity index (χ2v) is 5.33. The van der Waals surface area contributed by atoms with Gasteiger partial charge in [0.05, 0.1) is 23.3 Å². The van der Waals surface area contributed by atoms with Crippen molar-refractivity contribution in [3.05, 3.63) is 70.0 Å². The number of halogens is 5. The van der Waals surface area contributed by atoms with E-state index in [1.54, 1.807) is 6.92 Å². The highest BCUT2D eigenvalue weighted by Gasteiger charge is 2.30. The fourth-order valence-corrected chi connectivity index (χ4v) is 2.22. The molecule has 27 heavy (non-hydrogen) atoms. The number of esters is 2. The maximum atomic E-state index is 13.8. The predicted octanol–water partition coefficient (Wildman–Crippen LogP) is 4.48. The van der Waals surface area contributed by atoms with Crippen molar-refractivity contribution in [2.45, 2.75) is 20.0 Å². The second-order valence-electron chi connectivity index (χ2n) is 5.33. The molecule has 9 heteroatoms. The molecule has 144 valence electrons. The molecule has 0 radical (unpaired) electrons. The first-order valence-electron chi connectivity index (χ1n) is 7.68. The van der Waals surface area contributed by atoms with Crippen LogP contribution in [-0.2, 0) is 9.47 Å². The smallest absolute Gasteiger partial charge is 0.338 e. The van der Waals surface area contributed by atoms with Gasteiger partial charge in [0.1, 0.15) is 6.10 Å². The van der Waals surface area contributed by atoms with Gasteiger partial charge >= 0.3 is 11.9 Å². The highest BCUT2D eigenvalue weighted by molar-refractivity contribution is 5.93. The largest absolute Gasteiger partial charge is 0.462 e. The van der Waals surface area contributed by atoms with Crippen molar-refractivity contribution in [3.63, 3.8) is 0 Å². The third kappa shape index (κ3) is 4.07. The highest BCUT2D eigenvalue weighted by Crippen LogP contribution is 2.30. The Balaban J connectivity index is 2.23. The van der Waals surface area contributed by atoms with Crippen molar-refractivity contribution in [3.8, 4) is 0 Å². The number of ether oxygens (including phenoxy) is 2. The van der Waals surface area contributed by atoms with Crippen LogP contribution in [0.15, 0.2) is 24.3 Å². The standard InChI is InChI=1S/C18H13F5O4/c1-3-26-17(24)9-4-6-10(7-5-9)18(25)27-8(2)11-12(19)14(21)16(23)15(22)13(11)20/h4-8H,3H2,1-2H3. The van der Waals surface area contributed by atoms with Crippen molar-refractivity contribution in [2.24, 2.45) is 0 Å². The molecule has 0 N–H and O–H groups in total. The number of benzene rings is 2. The molecule has 0 aliphatic carbocycles. The van der Waals surface area contributed by atoms with Crippen LogP contribution in [-0.4, -0.2) is 18.5 Å². The van der Waals surface area contributed by atoms with Gasteiger partial charge in [-0.2, -0.15) is 0 Å². The van der Waals surface area contributed by atoms with Crippen LogP contribution in [0.2, 0.25) is 0 Å². The minimum absolute atomic E-state index is 0.0984. The molecule has 0 aliphatic heterocycles. The Kier molecular flexibility index (Phi) is 6.14. The molecule has 0 saturated heterocycles. The summed E-state index contributed by atoms with van der Waals surface area (Å²) in [5.74, 6) is -12.4. The summed E-state index contributed by atoms with van der Waals surface area (Å²) < 4.78 is 76.7. The Hall–Kier alpha value is -2.97. The van der Waals surface area contributed by atoms with Gasteiger partial charge in [0.2, 0.25) is 5.82 Å². The average molecular weight is 388 g/mol. The first-order chi connectivity index (χ1) is 12.7. The van der Waals surface area contributed by atoms with Crippen molar-refractivity contribution >= 4 is 11.9 Å². The van der Waals surface area contributed by atoms with E-state index in [1.165, 1.54) is 24.3 Å². The van der Waals surface area contributed by atoms with Crippen LogP contribution in [0.4, 0.5) is 22.0 Å². The summed E-state index contributed by atoms with van der Waals surface area (Å²) in [4.78, 5) is 23.6. The van der Waals surface area contributed by atoms with E-state index in [2.05, 4.69) is 0 Å². The molecule has 0 saturated carbocycles. The molecule has 2 aromatic rings. The van der Waals surface area contributed by atoms with Gasteiger partial charge < -0.3 is 9.47 Å². The topological polar surface area (TPSA) is 52.6 Å². The van der Waals surface area contributed by atoms with Crippen LogP contribution >= 0.6 is 0 Å². The zero-order valence-electron chi connectivity index (χ0n) is 14.1. The maximum absolute atomic E-state index is 13.8. The van der Waals surface area contributed by atoms with Crippen molar-refractivity contribution in [2.75, 3.05) is 6.61 Å². The fourth-order valence-electron chi connectivity index (χ4n) is 2.22. The van der Waals surface area contributed by atoms with Gasteiger partial charge in [-0.1, -0.05) is 0 Å². The predicted molar refractivity (Wildman–Crippen MR) is 82.5 cm³/mol. The third-order valence-electron chi connectivity index (χ3n) is 3.57. The number of rotatable bonds is 5. The molecule has 0 aliphatic rings. The van der Waals surface area contributed by atoms with Gasteiger partial charge in [-0.25, -0.2) is 31.5 Å². The van der Waals surface area contributed by atoms with Crippen molar-refractivity contribution < 1.29 is 41.0 Å². The molecule has 2 aromatic carbocycles. The molecule has 0 heterocycles. The fraction of sp³-hybridized carbons (Fsp3) is 0.222. The molecule has 0 spiro atoms. The summed E-state index contributed by atoms with van der Waals surface area (Å²) in [5, 5.41) is 0. The maximum Gasteiger partial charge on any atom is 0.338 e. The SMILES string of the molecule is CCOC(=O)c1ccc(C(=O)OC(C)c2c(F)c(F)c(F)c(F)c2F)cc1. The van der Waals surface area contributed by atoms with E-state index in [9.17, 15) is 31.5 Å². The molecule has 0 amide bonds. The lowest BCUT2D eigenvalue weighted by Crippen LogP contribution is -2.15. The molecule has 0 aromatic heterocycles. The molecule has 2 rings (SSSR count). The van der Waals surface area contributed by atoms with E-state index < -0.39 is 52.7 Å². The summed E-state index contributed by atoms with van der Waals surface area (Å²) in [5.41, 5.74) is -1.21. The van der Waals surface area contributed by atoms with Crippen molar-refractivity contribution in [1.82, 2.24) is 0 Å². The Morgan fingerprint density at radius 1 is 0.815 bits per heavy atom. The first-order valence-corrected chi connectivity index (χ1v) is 7.68. The minimum Gasteiger partial charge on any atom is -0.462 e. The van der Waals surface area contributed by atoms with Crippen LogP contribution < -0.4 is 0 Å². The Morgan fingerprint density at radius 2 is 1.22 bits per heavy atom. The Labute approximate surface area is 150 Å². The van der Waals surface area contributed by atoms with Gasteiger partial charge in [-0.05, 0) is 38.1 Å². The lowest BCUT2D eigenvalue weighted by atomic mass is 10.1. The number of carbonyl (C=O) groups excluding carboxylic acids is 2. The Bertz CT molecular complexity index is 851. The van der Waals surface area contributed by atoms with Crippen LogP contribution in [0, 0.1) is 29.1 Å². The minimum atomic E-state index is -2.30. The van der Waals surface area contributed by atoms with Gasteiger partial charge in [-0.15, -0.1) is 0 Å². The zero-order chi connectivity index (χ0) is 20.3. The average Bonchev–Trinajstić information content (AvgIpc) is 2.65. The lowest BCUT2D eigenvalue weighted by molar-refractivity contribution is 0.0318. The summed E-state index contributed by atoms with van der Waals surface area (Å²) in [6.45, 7) is 2.73. The summed E-state index contributed by atoms with van der Waals surface area (Å²) in [6.07, 6.45) is -1.76. The molecule has 1 unspecified atom stereocenters. The van der Waals surface area contributed by atoms with E-state index in [-0.39, 0.29) is 17.7 Å². The second kappa shape index (κ2) is 8.15. The molecule has 0 bridgehead atoms. The number of carbonyl (C=O) groups is 2. The van der Waals surface area contributed by atoms with Gasteiger partial charge in [0, 0.05) is 0 Å². The van der Waals surface area contributed by atoms with E-state index in [4.69, 9.17) is 9.47 Å². The number of hydrogen-bond donors (Lipinski definition) is 0. The van der Waals surface area contributed by atoms with E-state index in [0.717, 1.165) is 6.92 Å². The quantitative estimate of drug-likeness (QED) is 0.328. The third-order valence-corrected chi connectivity index (χ3v) is 3.57. The highest BCUT2D eigenvalue weighted by atomic mass is 19.2. The number of hydrogen-bond acceptors (Lipinski definition) is 4. The van der Waals surface area contributed by atoms with Crippen molar-refractivity contribution in [1.29, 1.82) is 0 Å². The van der Waals surface area contributed by atoms with E-state index in [1.807, 2.05) is 0 Å². The Morgan fingerprint density at radius 3 is 1.67 bits per heavy atom. The summed E-state index contributed by atoms with van der Waals surface area (Å²) in [7, 11) is 0. The zero-order valence-corrected chi connectivity index (χ0v) is 14.1. The normalized spacial score (nSPS) is 11.8. The summed E-state index contributed by atoms with van der Waals surface area (Å²) in [6, 6.07) is 4.91. The van der Waals surface area contributed by atoms with Gasteiger partial charge in [0.25, 0.3) is 0 Å². The molecular formula is C18H13F5O4. The van der Waals surface area contributed by atoms with Crippen LogP contribution in [0.3, 0.4) is 0 Å². The van der Waals surface area contributed by atoms with E-state index >= 15 is 0 Å². The molecule has 4 nitrogen and oxygen atoms in total. The molecule has 1 atom stereocenters. The molecular weight excluding hydrogens is 375 g/mol. The van der Waals surface area contributed by atoms with Gasteiger partial charge in [0.15, 0.2) is 23.3 Å². The van der Waals surface area contributed by atoms with Crippen LogP contribution in [0.1, 0.15) is 46.2 Å². The van der Waals surface area contributed by atoms with Crippen LogP contribution in [0.5, 0.6) is 0 Å². The first kappa shape index (κ1) is 20.3. The monoisotopic (exact) mass is 388 g/mol. The lowest BCUT2D eigenvalue weighted by Gasteiger charge is -2.16. The van der Waals surface area contributed by atoms with Crippen LogP contribution in [0.25, 0.3) is 0 Å².